The van der Waals surface area contributed by atoms with Crippen LogP contribution in [0.1, 0.15) is 30.5 Å². The first-order chi connectivity index (χ1) is 7.60. The summed E-state index contributed by atoms with van der Waals surface area (Å²) >= 11 is 6.10. The third-order valence-corrected chi connectivity index (χ3v) is 2.75. The first kappa shape index (κ1) is 12.6. The number of benzene rings is 1. The summed E-state index contributed by atoms with van der Waals surface area (Å²) in [6, 6.07) is 7.91. The molecule has 0 spiro atoms. The highest BCUT2D eigenvalue weighted by atomic mass is 35.5. The molecule has 1 aromatic rings. The summed E-state index contributed by atoms with van der Waals surface area (Å²) in [5.41, 5.74) is 2.21. The molecule has 0 unspecified atom stereocenters. The molecule has 0 fully saturated rings. The topological polar surface area (TPSA) is 47.6 Å². The number of hydrogen-bond donors (Lipinski definition) is 0. The van der Waals surface area contributed by atoms with Crippen molar-refractivity contribution in [3.63, 3.8) is 0 Å². The van der Waals surface area contributed by atoms with Crippen molar-refractivity contribution in [3.05, 3.63) is 33.8 Å². The molecule has 0 heterocycles. The van der Waals surface area contributed by atoms with Crippen LogP contribution >= 0.6 is 11.6 Å². The van der Waals surface area contributed by atoms with E-state index in [1.165, 1.54) is 0 Å². The Bertz CT molecular complexity index is 464. The minimum Gasteiger partial charge on any atom is -0.198 e. The first-order valence-corrected chi connectivity index (χ1v) is 5.55. The zero-order valence-electron chi connectivity index (χ0n) is 9.42. The van der Waals surface area contributed by atoms with E-state index >= 15 is 0 Å². The van der Waals surface area contributed by atoms with Gasteiger partial charge < -0.3 is 0 Å². The molecule has 0 saturated heterocycles. The van der Waals surface area contributed by atoms with Gasteiger partial charge in [-0.25, -0.2) is 0 Å². The van der Waals surface area contributed by atoms with E-state index in [0.29, 0.717) is 16.5 Å². The Morgan fingerprint density at radius 1 is 1.25 bits per heavy atom. The van der Waals surface area contributed by atoms with E-state index in [0.717, 1.165) is 17.5 Å². The normalized spacial score (nSPS) is 9.88. The van der Waals surface area contributed by atoms with Crippen molar-refractivity contribution in [3.8, 4) is 12.1 Å². The van der Waals surface area contributed by atoms with Gasteiger partial charge in [-0.2, -0.15) is 10.5 Å². The molecule has 0 aliphatic heterocycles. The van der Waals surface area contributed by atoms with Crippen molar-refractivity contribution < 1.29 is 0 Å². The molecule has 0 bridgehead atoms. The molecule has 2 nitrogen and oxygen atoms in total. The van der Waals surface area contributed by atoms with E-state index in [-0.39, 0.29) is 6.42 Å². The zero-order chi connectivity index (χ0) is 12.1. The third kappa shape index (κ3) is 2.75. The van der Waals surface area contributed by atoms with E-state index in [9.17, 15) is 0 Å². The van der Waals surface area contributed by atoms with Crippen LogP contribution in [0.4, 0.5) is 0 Å². The van der Waals surface area contributed by atoms with Crippen molar-refractivity contribution in [2.24, 2.45) is 5.92 Å². The predicted octanol–water partition coefficient (Wildman–Crippen LogP) is 3.48. The molecule has 0 aliphatic carbocycles. The van der Waals surface area contributed by atoms with Crippen LogP contribution in [0.2, 0.25) is 5.02 Å². The van der Waals surface area contributed by atoms with Crippen LogP contribution in [0.15, 0.2) is 12.1 Å². The molecule has 16 heavy (non-hydrogen) atoms. The molecule has 0 radical (unpaired) electrons. The molecule has 0 aromatic heterocycles. The molecule has 1 aromatic carbocycles. The maximum absolute atomic E-state index is 9.09. The number of rotatable bonds is 3. The van der Waals surface area contributed by atoms with Gasteiger partial charge in [-0.15, -0.1) is 0 Å². The number of nitrogens with zero attached hydrogens (tertiary/aromatic N) is 2. The zero-order valence-corrected chi connectivity index (χ0v) is 10.2. The molecule has 0 atom stereocenters. The number of halogens is 1. The summed E-state index contributed by atoms with van der Waals surface area (Å²) in [4.78, 5) is 0. The Kier molecular flexibility index (Phi) is 4.35. The largest absolute Gasteiger partial charge is 0.198 e. The molecule has 82 valence electrons. The van der Waals surface area contributed by atoms with E-state index in [1.807, 2.05) is 18.2 Å². The Labute approximate surface area is 101 Å². The van der Waals surface area contributed by atoms with Crippen molar-refractivity contribution in [1.82, 2.24) is 0 Å². The Morgan fingerprint density at radius 3 is 2.38 bits per heavy atom. The van der Waals surface area contributed by atoms with Gasteiger partial charge in [0.2, 0.25) is 0 Å². The monoisotopic (exact) mass is 232 g/mol. The van der Waals surface area contributed by atoms with Gasteiger partial charge in [0.1, 0.15) is 6.07 Å². The van der Waals surface area contributed by atoms with Crippen LogP contribution in [0, 0.1) is 28.6 Å². The van der Waals surface area contributed by atoms with E-state index < -0.39 is 0 Å². The van der Waals surface area contributed by atoms with Crippen LogP contribution in [-0.2, 0) is 12.8 Å². The quantitative estimate of drug-likeness (QED) is 0.801. The predicted molar refractivity (Wildman–Crippen MR) is 64.0 cm³/mol. The molecule has 0 amide bonds. The lowest BCUT2D eigenvalue weighted by Crippen LogP contribution is -2.00. The molecule has 0 N–H and O–H groups in total. The van der Waals surface area contributed by atoms with Gasteiger partial charge in [-0.05, 0) is 23.5 Å². The molecule has 0 saturated carbocycles. The van der Waals surface area contributed by atoms with Gasteiger partial charge in [0.05, 0.1) is 23.1 Å². The third-order valence-electron chi connectivity index (χ3n) is 2.32. The fourth-order valence-electron chi connectivity index (χ4n) is 1.61. The van der Waals surface area contributed by atoms with Gasteiger partial charge in [-0.1, -0.05) is 37.6 Å². The fourth-order valence-corrected chi connectivity index (χ4v) is 1.91. The lowest BCUT2D eigenvalue weighted by molar-refractivity contribution is 0.646. The Morgan fingerprint density at radius 2 is 1.88 bits per heavy atom. The molecular weight excluding hydrogens is 220 g/mol. The standard InChI is InChI=1S/C13H13ClN2/c1-9(2)7-11-4-3-10(5-6-15)13(14)12(11)8-16/h3-4,9H,5,7H2,1-2H3. The van der Waals surface area contributed by atoms with E-state index in [1.54, 1.807) is 0 Å². The molecule has 0 aliphatic rings. The van der Waals surface area contributed by atoms with Gasteiger partial charge in [0, 0.05) is 0 Å². The second-order valence-electron chi connectivity index (χ2n) is 4.12. The summed E-state index contributed by atoms with van der Waals surface area (Å²) in [6.45, 7) is 4.19. The lowest BCUT2D eigenvalue weighted by atomic mass is 9.96. The van der Waals surface area contributed by atoms with Crippen molar-refractivity contribution in [2.45, 2.75) is 26.7 Å². The first-order valence-electron chi connectivity index (χ1n) is 5.17. The highest BCUT2D eigenvalue weighted by Gasteiger charge is 2.12. The number of nitriles is 2. The lowest BCUT2D eigenvalue weighted by Gasteiger charge is -2.10. The maximum Gasteiger partial charge on any atom is 0.101 e. The minimum atomic E-state index is 0.246. The molecular formula is C13H13ClN2. The summed E-state index contributed by atoms with van der Waals surface area (Å²) in [5.74, 6) is 0.477. The minimum absolute atomic E-state index is 0.246. The average molecular weight is 233 g/mol. The summed E-state index contributed by atoms with van der Waals surface area (Å²) < 4.78 is 0. The van der Waals surface area contributed by atoms with Crippen molar-refractivity contribution >= 4 is 11.6 Å². The SMILES string of the molecule is CC(C)Cc1ccc(CC#N)c(Cl)c1C#N. The van der Waals surface area contributed by atoms with Crippen molar-refractivity contribution in [2.75, 3.05) is 0 Å². The van der Waals surface area contributed by atoms with Crippen LogP contribution in [0.3, 0.4) is 0 Å². The molecule has 3 heteroatoms. The molecule has 1 rings (SSSR count). The van der Waals surface area contributed by atoms with Gasteiger partial charge in [-0.3, -0.25) is 0 Å². The van der Waals surface area contributed by atoms with Gasteiger partial charge in [0.15, 0.2) is 0 Å². The second-order valence-corrected chi connectivity index (χ2v) is 4.50. The van der Waals surface area contributed by atoms with Crippen LogP contribution in [-0.4, -0.2) is 0 Å². The maximum atomic E-state index is 9.09. The second kappa shape index (κ2) is 5.54. The fraction of sp³-hybridized carbons (Fsp3) is 0.385. The average Bonchev–Trinajstić information content (AvgIpc) is 2.22. The van der Waals surface area contributed by atoms with E-state index in [4.69, 9.17) is 22.1 Å². The van der Waals surface area contributed by atoms with Crippen LogP contribution in [0.25, 0.3) is 0 Å². The summed E-state index contributed by atoms with van der Waals surface area (Å²) in [7, 11) is 0. The van der Waals surface area contributed by atoms with E-state index in [2.05, 4.69) is 19.9 Å². The van der Waals surface area contributed by atoms with Crippen molar-refractivity contribution in [1.29, 1.82) is 10.5 Å². The van der Waals surface area contributed by atoms with Crippen LogP contribution in [0.5, 0.6) is 0 Å². The van der Waals surface area contributed by atoms with Gasteiger partial charge >= 0.3 is 0 Å². The highest BCUT2D eigenvalue weighted by molar-refractivity contribution is 6.32. The number of hydrogen-bond acceptors (Lipinski definition) is 2. The summed E-state index contributed by atoms with van der Waals surface area (Å²) in [5, 5.41) is 18.2. The van der Waals surface area contributed by atoms with Gasteiger partial charge in [0.25, 0.3) is 0 Å². The van der Waals surface area contributed by atoms with Crippen LogP contribution < -0.4 is 0 Å². The Balaban J connectivity index is 3.21. The summed E-state index contributed by atoms with van der Waals surface area (Å²) in [6.07, 6.45) is 1.07. The smallest absolute Gasteiger partial charge is 0.101 e. The Hall–Kier alpha value is -1.51. The highest BCUT2D eigenvalue weighted by Crippen LogP contribution is 2.26.